The van der Waals surface area contributed by atoms with Gasteiger partial charge in [-0.3, -0.25) is 14.6 Å². The third-order valence-electron chi connectivity index (χ3n) is 3.92. The fourth-order valence-electron chi connectivity index (χ4n) is 2.42. The molecule has 2 N–H and O–H groups in total. The van der Waals surface area contributed by atoms with Gasteiger partial charge in [0.2, 0.25) is 0 Å². The highest BCUT2D eigenvalue weighted by Gasteiger charge is 2.12. The van der Waals surface area contributed by atoms with E-state index in [0.29, 0.717) is 24.5 Å². The average Bonchev–Trinajstić information content (AvgIpc) is 2.76. The molecule has 1 amide bonds. The molecule has 146 valence electrons. The molecule has 0 aliphatic carbocycles. The van der Waals surface area contributed by atoms with E-state index < -0.39 is 0 Å². The van der Waals surface area contributed by atoms with Crippen LogP contribution in [-0.2, 0) is 18.0 Å². The van der Waals surface area contributed by atoms with E-state index in [1.165, 1.54) is 0 Å². The largest absolute Gasteiger partial charge is 0.365 e. The molecule has 0 saturated heterocycles. The van der Waals surface area contributed by atoms with E-state index in [4.69, 9.17) is 4.84 Å². The summed E-state index contributed by atoms with van der Waals surface area (Å²) in [5.41, 5.74) is 6.09. The van der Waals surface area contributed by atoms with E-state index in [1.807, 2.05) is 57.2 Å². The fraction of sp³-hybridized carbons (Fsp3) is 0.227. The number of rotatable bonds is 7. The Labute approximate surface area is 166 Å². The number of carbonyl (C=O) groups is 1. The smallest absolute Gasteiger partial charge is 0.278 e. The molecule has 1 aromatic carbocycles. The Morgan fingerprint density at radius 2 is 1.75 bits per heavy atom. The van der Waals surface area contributed by atoms with Crippen LogP contribution in [0, 0.1) is 6.92 Å². The first-order chi connectivity index (χ1) is 13.7. The van der Waals surface area contributed by atoms with Gasteiger partial charge in [-0.05, 0) is 47.9 Å². The first-order valence-corrected chi connectivity index (χ1v) is 9.28. The van der Waals surface area contributed by atoms with E-state index in [0.717, 1.165) is 16.7 Å². The molecule has 2 heterocycles. The minimum atomic E-state index is -0.344. The summed E-state index contributed by atoms with van der Waals surface area (Å²) in [7, 11) is 0. The van der Waals surface area contributed by atoms with Crippen LogP contribution in [0.3, 0.4) is 0 Å². The lowest BCUT2D eigenvalue weighted by Crippen LogP contribution is -2.25. The molecule has 28 heavy (non-hydrogen) atoms. The Morgan fingerprint density at radius 1 is 1.00 bits per heavy atom. The van der Waals surface area contributed by atoms with E-state index >= 15 is 0 Å². The standard InChI is InChI=1S/C20H20N4O2.C2H6/c1-15-5-2-3-6-17(15)14-26-24-20(25)18-7-4-10-22-19(18)23-13-16-8-11-21-12-9-16;1-2/h2-12H,13-14H2,1H3,(H,22,23)(H,24,25);1-2H3. The van der Waals surface area contributed by atoms with Crippen molar-refractivity contribution in [3.63, 3.8) is 0 Å². The van der Waals surface area contributed by atoms with Crippen molar-refractivity contribution in [1.82, 2.24) is 15.4 Å². The van der Waals surface area contributed by atoms with E-state index in [1.54, 1.807) is 30.7 Å². The molecule has 0 fully saturated rings. The zero-order chi connectivity index (χ0) is 20.2. The van der Waals surface area contributed by atoms with Crippen LogP contribution in [0.25, 0.3) is 0 Å². The SMILES string of the molecule is CC.Cc1ccccc1CONC(=O)c1cccnc1NCc1ccncc1. The van der Waals surface area contributed by atoms with Gasteiger partial charge in [0.1, 0.15) is 12.4 Å². The molecule has 0 aliphatic rings. The minimum Gasteiger partial charge on any atom is -0.365 e. The highest BCUT2D eigenvalue weighted by Crippen LogP contribution is 2.13. The molecule has 0 aliphatic heterocycles. The summed E-state index contributed by atoms with van der Waals surface area (Å²) in [6.07, 6.45) is 5.09. The lowest BCUT2D eigenvalue weighted by Gasteiger charge is -2.12. The highest BCUT2D eigenvalue weighted by atomic mass is 16.6. The number of amides is 1. The first-order valence-electron chi connectivity index (χ1n) is 9.28. The summed E-state index contributed by atoms with van der Waals surface area (Å²) in [5.74, 6) is 0.158. The first kappa shape index (κ1) is 21.1. The molecule has 0 bridgehead atoms. The number of pyridine rings is 2. The van der Waals surface area contributed by atoms with Crippen LogP contribution in [0.1, 0.15) is 40.9 Å². The number of hydrogen-bond acceptors (Lipinski definition) is 5. The van der Waals surface area contributed by atoms with Gasteiger partial charge in [0.15, 0.2) is 0 Å². The zero-order valence-electron chi connectivity index (χ0n) is 16.5. The summed E-state index contributed by atoms with van der Waals surface area (Å²) in [4.78, 5) is 26.0. The Balaban J connectivity index is 0.00000136. The van der Waals surface area contributed by atoms with Crippen LogP contribution in [0.15, 0.2) is 67.1 Å². The van der Waals surface area contributed by atoms with Crippen molar-refractivity contribution >= 4 is 11.7 Å². The molecule has 0 unspecified atom stereocenters. The van der Waals surface area contributed by atoms with Crippen molar-refractivity contribution in [1.29, 1.82) is 0 Å². The lowest BCUT2D eigenvalue weighted by atomic mass is 10.1. The minimum absolute atomic E-state index is 0.304. The topological polar surface area (TPSA) is 76.1 Å². The number of nitrogens with one attached hydrogen (secondary N) is 2. The van der Waals surface area contributed by atoms with E-state index in [9.17, 15) is 4.79 Å². The average molecular weight is 378 g/mol. The van der Waals surface area contributed by atoms with Gasteiger partial charge in [0.05, 0.1) is 5.56 Å². The molecular formula is C22H26N4O2. The number of nitrogens with zero attached hydrogens (tertiary/aromatic N) is 2. The zero-order valence-corrected chi connectivity index (χ0v) is 16.5. The van der Waals surface area contributed by atoms with Gasteiger partial charge in [-0.1, -0.05) is 38.1 Å². The Bertz CT molecular complexity index is 869. The number of aromatic nitrogens is 2. The Kier molecular flexibility index (Phi) is 8.62. The number of aryl methyl sites for hydroxylation is 1. The molecule has 6 nitrogen and oxygen atoms in total. The number of anilines is 1. The van der Waals surface area contributed by atoms with Crippen molar-refractivity contribution in [2.45, 2.75) is 33.9 Å². The van der Waals surface area contributed by atoms with Gasteiger partial charge in [0, 0.05) is 25.1 Å². The van der Waals surface area contributed by atoms with Crippen molar-refractivity contribution in [2.75, 3.05) is 5.32 Å². The van der Waals surface area contributed by atoms with Crippen molar-refractivity contribution in [2.24, 2.45) is 0 Å². The molecule has 0 atom stereocenters. The van der Waals surface area contributed by atoms with Crippen molar-refractivity contribution in [3.8, 4) is 0 Å². The lowest BCUT2D eigenvalue weighted by molar-refractivity contribution is 0.0232. The van der Waals surface area contributed by atoms with Crippen LogP contribution >= 0.6 is 0 Å². The Hall–Kier alpha value is -3.25. The maximum Gasteiger partial charge on any atom is 0.278 e. The molecule has 0 saturated carbocycles. The second-order valence-electron chi connectivity index (χ2n) is 5.75. The van der Waals surface area contributed by atoms with E-state index in [2.05, 4.69) is 20.8 Å². The van der Waals surface area contributed by atoms with Gasteiger partial charge in [0.25, 0.3) is 5.91 Å². The highest BCUT2D eigenvalue weighted by molar-refractivity contribution is 5.98. The van der Waals surface area contributed by atoms with Gasteiger partial charge in [-0.15, -0.1) is 0 Å². The number of hydrogen-bond donors (Lipinski definition) is 2. The second-order valence-corrected chi connectivity index (χ2v) is 5.75. The maximum absolute atomic E-state index is 12.4. The molecule has 2 aromatic heterocycles. The third-order valence-corrected chi connectivity index (χ3v) is 3.92. The van der Waals surface area contributed by atoms with Gasteiger partial charge < -0.3 is 5.32 Å². The maximum atomic E-state index is 12.4. The van der Waals surface area contributed by atoms with Gasteiger partial charge in [-0.2, -0.15) is 0 Å². The fourth-order valence-corrected chi connectivity index (χ4v) is 2.42. The monoisotopic (exact) mass is 378 g/mol. The number of hydroxylamine groups is 1. The summed E-state index contributed by atoms with van der Waals surface area (Å²) in [6.45, 7) is 6.85. The van der Waals surface area contributed by atoms with Crippen molar-refractivity contribution < 1.29 is 9.63 Å². The summed E-state index contributed by atoms with van der Waals surface area (Å²) >= 11 is 0. The predicted molar refractivity (Wildman–Crippen MR) is 111 cm³/mol. The second kappa shape index (κ2) is 11.5. The quantitative estimate of drug-likeness (QED) is 0.600. The van der Waals surface area contributed by atoms with Crippen LogP contribution in [0.4, 0.5) is 5.82 Å². The molecular weight excluding hydrogens is 352 g/mol. The van der Waals surface area contributed by atoms with Crippen LogP contribution in [0.2, 0.25) is 0 Å². The summed E-state index contributed by atoms with van der Waals surface area (Å²) in [6, 6.07) is 15.1. The number of benzene rings is 1. The predicted octanol–water partition coefficient (Wildman–Crippen LogP) is 4.28. The van der Waals surface area contributed by atoms with Crippen LogP contribution < -0.4 is 10.8 Å². The van der Waals surface area contributed by atoms with Crippen LogP contribution in [-0.4, -0.2) is 15.9 Å². The van der Waals surface area contributed by atoms with Gasteiger partial charge in [-0.25, -0.2) is 10.5 Å². The molecule has 3 rings (SSSR count). The van der Waals surface area contributed by atoms with E-state index in [-0.39, 0.29) is 5.91 Å². The molecule has 0 radical (unpaired) electrons. The van der Waals surface area contributed by atoms with Crippen molar-refractivity contribution in [3.05, 3.63) is 89.4 Å². The number of carbonyl (C=O) groups excluding carboxylic acids is 1. The van der Waals surface area contributed by atoms with Crippen LogP contribution in [0.5, 0.6) is 0 Å². The molecule has 6 heteroatoms. The normalized spacial score (nSPS) is 9.82. The molecule has 3 aromatic rings. The summed E-state index contributed by atoms with van der Waals surface area (Å²) in [5, 5.41) is 3.17. The summed E-state index contributed by atoms with van der Waals surface area (Å²) < 4.78 is 0. The van der Waals surface area contributed by atoms with Gasteiger partial charge >= 0.3 is 0 Å². The third kappa shape index (κ3) is 6.17. The Morgan fingerprint density at radius 3 is 2.50 bits per heavy atom. The molecule has 0 spiro atoms.